The normalized spacial score (nSPS) is 10.7. The summed E-state index contributed by atoms with van der Waals surface area (Å²) in [4.78, 5) is 30.2. The van der Waals surface area contributed by atoms with Gasteiger partial charge in [0.2, 0.25) is 0 Å². The lowest BCUT2D eigenvalue weighted by Gasteiger charge is -2.06. The molecule has 0 aliphatic heterocycles. The number of ether oxygens (including phenoxy) is 1. The molecule has 0 atom stereocenters. The third-order valence-electron chi connectivity index (χ3n) is 4.39. The molecule has 0 bridgehead atoms. The Hall–Kier alpha value is -3.51. The minimum atomic E-state index is -0.450. The van der Waals surface area contributed by atoms with Gasteiger partial charge in [0.05, 0.1) is 12.3 Å². The number of esters is 1. The monoisotopic (exact) mass is 402 g/mol. The highest BCUT2D eigenvalue weighted by molar-refractivity contribution is 7.18. The Balaban J connectivity index is 1.70. The molecule has 0 radical (unpaired) electrons. The number of hydrogen-bond donors (Lipinski definition) is 1. The van der Waals surface area contributed by atoms with Gasteiger partial charge in [-0.25, -0.2) is 9.78 Å². The van der Waals surface area contributed by atoms with E-state index < -0.39 is 5.97 Å². The summed E-state index contributed by atoms with van der Waals surface area (Å²) in [6.45, 7) is 2.02. The third-order valence-corrected chi connectivity index (χ3v) is 5.34. The average molecular weight is 402 g/mol. The van der Waals surface area contributed by atoms with Gasteiger partial charge in [-0.1, -0.05) is 78.1 Å². The minimum absolute atomic E-state index is 0.267. The van der Waals surface area contributed by atoms with Crippen molar-refractivity contribution in [2.75, 3.05) is 11.9 Å². The zero-order chi connectivity index (χ0) is 20.2. The van der Waals surface area contributed by atoms with Crippen molar-refractivity contribution in [1.29, 1.82) is 0 Å². The van der Waals surface area contributed by atoms with Crippen LogP contribution in [0.3, 0.4) is 0 Å². The van der Waals surface area contributed by atoms with Crippen LogP contribution >= 0.6 is 11.3 Å². The molecule has 0 unspecified atom stereocenters. The average Bonchev–Trinajstić information content (AvgIpc) is 3.18. The van der Waals surface area contributed by atoms with Gasteiger partial charge in [0.1, 0.15) is 4.88 Å². The van der Waals surface area contributed by atoms with Gasteiger partial charge >= 0.3 is 5.97 Å². The summed E-state index contributed by atoms with van der Waals surface area (Å²) in [5, 5.41) is 5.03. The van der Waals surface area contributed by atoms with Crippen LogP contribution in [0.15, 0.2) is 72.8 Å². The number of hydrogen-bond acceptors (Lipinski definition) is 5. The van der Waals surface area contributed by atoms with Gasteiger partial charge in [0.25, 0.3) is 5.91 Å². The first-order valence-corrected chi connectivity index (χ1v) is 10.0. The molecule has 144 valence electrons. The van der Waals surface area contributed by atoms with Gasteiger partial charge in [0, 0.05) is 11.1 Å². The van der Waals surface area contributed by atoms with Crippen molar-refractivity contribution in [3.05, 3.63) is 83.2 Å². The Kier molecular flexibility index (Phi) is 5.35. The molecule has 4 aromatic rings. The van der Waals surface area contributed by atoms with Crippen molar-refractivity contribution < 1.29 is 14.3 Å². The molecular formula is C23H18N2O3S. The SMILES string of the molecule is CCOC(=O)c1sc(NC(=O)c2cccc3ccccc23)nc1-c1ccccc1. The van der Waals surface area contributed by atoms with Crippen LogP contribution in [0.25, 0.3) is 22.0 Å². The summed E-state index contributed by atoms with van der Waals surface area (Å²) in [6.07, 6.45) is 0. The van der Waals surface area contributed by atoms with E-state index >= 15 is 0 Å². The lowest BCUT2D eigenvalue weighted by atomic mass is 10.0. The molecule has 1 heterocycles. The van der Waals surface area contributed by atoms with Gasteiger partial charge in [-0.2, -0.15) is 0 Å². The number of carbonyl (C=O) groups excluding carboxylic acids is 2. The first-order valence-electron chi connectivity index (χ1n) is 9.20. The van der Waals surface area contributed by atoms with Crippen molar-refractivity contribution in [2.45, 2.75) is 6.92 Å². The maximum absolute atomic E-state index is 12.9. The number of amides is 1. The van der Waals surface area contributed by atoms with Gasteiger partial charge in [-0.05, 0) is 23.8 Å². The second kappa shape index (κ2) is 8.24. The van der Waals surface area contributed by atoms with Crippen molar-refractivity contribution >= 4 is 39.1 Å². The third kappa shape index (κ3) is 3.88. The maximum Gasteiger partial charge on any atom is 0.350 e. The lowest BCUT2D eigenvalue weighted by Crippen LogP contribution is -2.12. The van der Waals surface area contributed by atoms with Crippen molar-refractivity contribution in [3.63, 3.8) is 0 Å². The molecule has 29 heavy (non-hydrogen) atoms. The largest absolute Gasteiger partial charge is 0.462 e. The van der Waals surface area contributed by atoms with E-state index in [1.54, 1.807) is 13.0 Å². The molecule has 1 aromatic heterocycles. The molecule has 1 N–H and O–H groups in total. The van der Waals surface area contributed by atoms with Crippen LogP contribution in [0.5, 0.6) is 0 Å². The molecule has 0 aliphatic rings. The first-order chi connectivity index (χ1) is 14.2. The highest BCUT2D eigenvalue weighted by Crippen LogP contribution is 2.32. The Labute approximate surface area is 172 Å². The van der Waals surface area contributed by atoms with E-state index in [0.717, 1.165) is 27.7 Å². The summed E-state index contributed by atoms with van der Waals surface area (Å²) in [6, 6.07) is 22.7. The summed E-state index contributed by atoms with van der Waals surface area (Å²) in [5.41, 5.74) is 1.84. The molecule has 0 fully saturated rings. The van der Waals surface area contributed by atoms with Gasteiger partial charge in [0.15, 0.2) is 5.13 Å². The van der Waals surface area contributed by atoms with Gasteiger partial charge < -0.3 is 4.74 Å². The number of carbonyl (C=O) groups is 2. The molecule has 6 heteroatoms. The van der Waals surface area contributed by atoms with Crippen LogP contribution in [0.1, 0.15) is 27.0 Å². The molecule has 3 aromatic carbocycles. The standard InChI is InChI=1S/C23H18N2O3S/c1-2-28-22(27)20-19(16-10-4-3-5-11-16)24-23(29-20)25-21(26)18-14-8-12-15-9-6-7-13-17(15)18/h3-14H,2H2,1H3,(H,24,25,26). The predicted octanol–water partition coefficient (Wildman–Crippen LogP) is 5.39. The van der Waals surface area contributed by atoms with E-state index in [9.17, 15) is 9.59 Å². The second-order valence-corrected chi connectivity index (χ2v) is 7.26. The Bertz CT molecular complexity index is 1180. The van der Waals surface area contributed by atoms with E-state index in [2.05, 4.69) is 10.3 Å². The fourth-order valence-electron chi connectivity index (χ4n) is 3.09. The fraction of sp³-hybridized carbons (Fsp3) is 0.0870. The summed E-state index contributed by atoms with van der Waals surface area (Å²) in [5.74, 6) is -0.722. The van der Waals surface area contributed by atoms with E-state index in [4.69, 9.17) is 4.74 Å². The smallest absolute Gasteiger partial charge is 0.350 e. The van der Waals surface area contributed by atoms with Crippen LogP contribution in [0.4, 0.5) is 5.13 Å². The van der Waals surface area contributed by atoms with Crippen molar-refractivity contribution in [1.82, 2.24) is 4.98 Å². The lowest BCUT2D eigenvalue weighted by molar-refractivity contribution is 0.0532. The minimum Gasteiger partial charge on any atom is -0.462 e. The van der Waals surface area contributed by atoms with Gasteiger partial charge in [-0.15, -0.1) is 0 Å². The zero-order valence-electron chi connectivity index (χ0n) is 15.7. The van der Waals surface area contributed by atoms with E-state index in [1.165, 1.54) is 0 Å². The molecular weight excluding hydrogens is 384 g/mol. The van der Waals surface area contributed by atoms with E-state index in [0.29, 0.717) is 21.3 Å². The fourth-order valence-corrected chi connectivity index (χ4v) is 3.96. The predicted molar refractivity (Wildman–Crippen MR) is 115 cm³/mol. The summed E-state index contributed by atoms with van der Waals surface area (Å²) >= 11 is 1.11. The summed E-state index contributed by atoms with van der Waals surface area (Å²) in [7, 11) is 0. The van der Waals surface area contributed by atoms with Crippen LogP contribution in [-0.2, 0) is 4.74 Å². The number of benzene rings is 3. The first kappa shape index (κ1) is 18.8. The van der Waals surface area contributed by atoms with Crippen LogP contribution in [-0.4, -0.2) is 23.5 Å². The second-order valence-electron chi connectivity index (χ2n) is 6.26. The van der Waals surface area contributed by atoms with Crippen molar-refractivity contribution in [3.8, 4) is 11.3 Å². The maximum atomic E-state index is 12.9. The Morgan fingerprint density at radius 3 is 2.48 bits per heavy atom. The Morgan fingerprint density at radius 2 is 1.69 bits per heavy atom. The Morgan fingerprint density at radius 1 is 0.966 bits per heavy atom. The number of aromatic nitrogens is 1. The number of anilines is 1. The topological polar surface area (TPSA) is 68.3 Å². The summed E-state index contributed by atoms with van der Waals surface area (Å²) < 4.78 is 5.17. The number of thiazole rings is 1. The quantitative estimate of drug-likeness (QED) is 0.454. The molecule has 4 rings (SSSR count). The molecule has 0 saturated carbocycles. The number of rotatable bonds is 5. The highest BCUT2D eigenvalue weighted by Gasteiger charge is 2.22. The van der Waals surface area contributed by atoms with E-state index in [1.807, 2.05) is 66.7 Å². The number of nitrogens with zero attached hydrogens (tertiary/aromatic N) is 1. The molecule has 0 saturated heterocycles. The molecule has 5 nitrogen and oxygen atoms in total. The number of fused-ring (bicyclic) bond motifs is 1. The molecule has 1 amide bonds. The highest BCUT2D eigenvalue weighted by atomic mass is 32.1. The van der Waals surface area contributed by atoms with Crippen LogP contribution in [0, 0.1) is 0 Å². The van der Waals surface area contributed by atoms with Gasteiger partial charge in [-0.3, -0.25) is 10.1 Å². The van der Waals surface area contributed by atoms with Crippen molar-refractivity contribution in [2.24, 2.45) is 0 Å². The van der Waals surface area contributed by atoms with Crippen LogP contribution in [0.2, 0.25) is 0 Å². The zero-order valence-corrected chi connectivity index (χ0v) is 16.5. The van der Waals surface area contributed by atoms with E-state index in [-0.39, 0.29) is 12.5 Å². The number of nitrogens with one attached hydrogen (secondary N) is 1. The molecule has 0 spiro atoms. The molecule has 0 aliphatic carbocycles. The van der Waals surface area contributed by atoms with Crippen LogP contribution < -0.4 is 5.32 Å².